The summed E-state index contributed by atoms with van der Waals surface area (Å²) in [7, 11) is -3.52. The van der Waals surface area contributed by atoms with Gasteiger partial charge in [0.05, 0.1) is 18.0 Å². The van der Waals surface area contributed by atoms with Crippen LogP contribution < -0.4 is 14.4 Å². The number of carbonyl (C=O) groups excluding carboxylic acids is 1. The van der Waals surface area contributed by atoms with E-state index in [-0.39, 0.29) is 18.2 Å². The molecule has 0 radical (unpaired) electrons. The molecule has 1 atom stereocenters. The molecule has 0 unspecified atom stereocenters. The molecule has 0 saturated heterocycles. The van der Waals surface area contributed by atoms with Gasteiger partial charge in [0.15, 0.2) is 6.10 Å². The molecule has 7 heteroatoms. The van der Waals surface area contributed by atoms with Gasteiger partial charge in [0.1, 0.15) is 5.75 Å². The van der Waals surface area contributed by atoms with Gasteiger partial charge in [-0.2, -0.15) is 0 Å². The predicted molar refractivity (Wildman–Crippen MR) is 111 cm³/mol. The van der Waals surface area contributed by atoms with Crippen molar-refractivity contribution in [2.45, 2.75) is 39.2 Å². The van der Waals surface area contributed by atoms with E-state index in [9.17, 15) is 13.2 Å². The first-order valence-corrected chi connectivity index (χ1v) is 11.2. The molecule has 0 fully saturated rings. The number of aryl methyl sites for hydroxylation is 1. The number of hydrogen-bond donors (Lipinski definition) is 1. The van der Waals surface area contributed by atoms with E-state index in [2.05, 4.69) is 12.2 Å². The first-order chi connectivity index (χ1) is 13.4. The molecule has 0 saturated carbocycles. The monoisotopic (exact) mass is 402 g/mol. The van der Waals surface area contributed by atoms with Crippen molar-refractivity contribution in [3.63, 3.8) is 0 Å². The molecule has 1 aliphatic rings. The number of hydrogen-bond acceptors (Lipinski definition) is 4. The molecule has 1 heterocycles. The highest BCUT2D eigenvalue weighted by molar-refractivity contribution is 7.92. The minimum Gasteiger partial charge on any atom is -0.476 e. The fraction of sp³-hybridized carbons (Fsp3) is 0.381. The van der Waals surface area contributed by atoms with Crippen LogP contribution in [0.1, 0.15) is 32.3 Å². The van der Waals surface area contributed by atoms with E-state index in [1.54, 1.807) is 31.2 Å². The summed E-state index contributed by atoms with van der Waals surface area (Å²) in [4.78, 5) is 12.7. The molecule has 2 aromatic carbocycles. The lowest BCUT2D eigenvalue weighted by Crippen LogP contribution is -2.49. The Morgan fingerprint density at radius 2 is 1.86 bits per heavy atom. The summed E-state index contributed by atoms with van der Waals surface area (Å²) in [6.07, 6.45) is 2.35. The van der Waals surface area contributed by atoms with Crippen LogP contribution in [0.5, 0.6) is 5.75 Å². The number of carbonyl (C=O) groups is 1. The third-order valence-corrected chi connectivity index (χ3v) is 6.52. The Labute approximate surface area is 166 Å². The maximum Gasteiger partial charge on any atom is 0.267 e. The van der Waals surface area contributed by atoms with Crippen LogP contribution in [0.3, 0.4) is 0 Å². The van der Waals surface area contributed by atoms with Gasteiger partial charge in [-0.1, -0.05) is 37.6 Å². The third-order valence-electron chi connectivity index (χ3n) is 4.77. The van der Waals surface area contributed by atoms with Crippen LogP contribution in [-0.4, -0.2) is 32.7 Å². The lowest BCUT2D eigenvalue weighted by Gasteiger charge is -2.34. The zero-order valence-corrected chi connectivity index (χ0v) is 17.0. The highest BCUT2D eigenvalue weighted by atomic mass is 32.2. The van der Waals surface area contributed by atoms with Gasteiger partial charge in [-0.15, -0.1) is 0 Å². The zero-order valence-electron chi connectivity index (χ0n) is 16.2. The van der Waals surface area contributed by atoms with Gasteiger partial charge in [0, 0.05) is 5.69 Å². The first-order valence-electron chi connectivity index (χ1n) is 9.60. The third kappa shape index (κ3) is 4.47. The van der Waals surface area contributed by atoms with E-state index >= 15 is 0 Å². The van der Waals surface area contributed by atoms with E-state index < -0.39 is 16.1 Å². The van der Waals surface area contributed by atoms with Crippen molar-refractivity contribution >= 4 is 27.3 Å². The topological polar surface area (TPSA) is 75.7 Å². The summed E-state index contributed by atoms with van der Waals surface area (Å²) in [5, 5.41) is 2.83. The minimum absolute atomic E-state index is 0.0467. The van der Waals surface area contributed by atoms with Crippen LogP contribution in [0, 0.1) is 0 Å². The maximum absolute atomic E-state index is 12.7. The number of unbranched alkanes of at least 4 members (excludes halogenated alkanes) is 1. The van der Waals surface area contributed by atoms with Crippen molar-refractivity contribution in [1.29, 1.82) is 0 Å². The van der Waals surface area contributed by atoms with Crippen molar-refractivity contribution in [3.05, 3.63) is 54.1 Å². The van der Waals surface area contributed by atoms with Crippen LogP contribution in [-0.2, 0) is 21.2 Å². The average molecular weight is 403 g/mol. The number of para-hydroxylation sites is 2. The van der Waals surface area contributed by atoms with Gasteiger partial charge < -0.3 is 10.1 Å². The van der Waals surface area contributed by atoms with Gasteiger partial charge in [-0.25, -0.2) is 8.42 Å². The Bertz CT molecular complexity index is 926. The number of rotatable bonds is 7. The quantitative estimate of drug-likeness (QED) is 0.768. The van der Waals surface area contributed by atoms with Crippen LogP contribution in [0.4, 0.5) is 11.4 Å². The molecule has 3 rings (SSSR count). The van der Waals surface area contributed by atoms with Crippen LogP contribution in [0.2, 0.25) is 0 Å². The molecular formula is C21H26N2O4S. The van der Waals surface area contributed by atoms with Gasteiger partial charge in [-0.05, 0) is 49.6 Å². The Morgan fingerprint density at radius 1 is 1.14 bits per heavy atom. The van der Waals surface area contributed by atoms with E-state index in [1.165, 1.54) is 9.87 Å². The SMILES string of the molecule is CCCCc1ccc(NC(=O)[C@H]2CN(S(=O)(=O)CC)c3ccccc3O2)cc1. The Balaban J connectivity index is 1.75. The van der Waals surface area contributed by atoms with E-state index in [1.807, 2.05) is 24.3 Å². The van der Waals surface area contributed by atoms with Crippen molar-refractivity contribution in [2.75, 3.05) is 21.9 Å². The molecule has 6 nitrogen and oxygen atoms in total. The first kappa shape index (κ1) is 20.2. The summed E-state index contributed by atoms with van der Waals surface area (Å²) in [5.41, 5.74) is 2.36. The standard InChI is InChI=1S/C21H26N2O4S/c1-3-5-8-16-11-13-17(14-12-16)22-21(24)20-15-23(28(25,26)4-2)18-9-6-7-10-19(18)27-20/h6-7,9-14,20H,3-5,8,15H2,1-2H3,(H,22,24)/t20-/m1/s1. The smallest absolute Gasteiger partial charge is 0.267 e. The summed E-state index contributed by atoms with van der Waals surface area (Å²) >= 11 is 0. The number of nitrogens with zero attached hydrogens (tertiary/aromatic N) is 1. The van der Waals surface area contributed by atoms with Crippen molar-refractivity contribution in [2.24, 2.45) is 0 Å². The molecule has 0 aliphatic carbocycles. The molecule has 28 heavy (non-hydrogen) atoms. The molecule has 150 valence electrons. The molecule has 0 aromatic heterocycles. The van der Waals surface area contributed by atoms with Crippen LogP contribution in [0.25, 0.3) is 0 Å². The Kier molecular flexibility index (Phi) is 6.24. The van der Waals surface area contributed by atoms with Gasteiger partial charge >= 0.3 is 0 Å². The second-order valence-electron chi connectivity index (χ2n) is 6.80. The Hall–Kier alpha value is -2.54. The molecule has 1 aliphatic heterocycles. The van der Waals surface area contributed by atoms with Crippen molar-refractivity contribution in [3.8, 4) is 5.75 Å². The van der Waals surface area contributed by atoms with E-state index in [0.29, 0.717) is 17.1 Å². The Morgan fingerprint density at radius 3 is 2.54 bits per heavy atom. The lowest BCUT2D eigenvalue weighted by molar-refractivity contribution is -0.122. The van der Waals surface area contributed by atoms with E-state index in [0.717, 1.165) is 19.3 Å². The number of amides is 1. The fourth-order valence-corrected chi connectivity index (χ4v) is 4.24. The summed E-state index contributed by atoms with van der Waals surface area (Å²) in [6, 6.07) is 14.6. The van der Waals surface area contributed by atoms with Gasteiger partial charge in [0.25, 0.3) is 5.91 Å². The number of sulfonamides is 1. The molecule has 2 aromatic rings. The van der Waals surface area contributed by atoms with Gasteiger partial charge in [0.2, 0.25) is 10.0 Å². The van der Waals surface area contributed by atoms with Crippen molar-refractivity contribution < 1.29 is 17.9 Å². The molecular weight excluding hydrogens is 376 g/mol. The summed E-state index contributed by atoms with van der Waals surface area (Å²) in [6.45, 7) is 3.69. The number of anilines is 2. The zero-order chi connectivity index (χ0) is 20.1. The maximum atomic E-state index is 12.7. The summed E-state index contributed by atoms with van der Waals surface area (Å²) < 4.78 is 32.1. The lowest BCUT2D eigenvalue weighted by atomic mass is 10.1. The largest absolute Gasteiger partial charge is 0.476 e. The number of nitrogens with one attached hydrogen (secondary N) is 1. The molecule has 1 N–H and O–H groups in total. The summed E-state index contributed by atoms with van der Waals surface area (Å²) in [5.74, 6) is -0.0255. The van der Waals surface area contributed by atoms with E-state index in [4.69, 9.17) is 4.74 Å². The number of benzene rings is 2. The normalized spacial score (nSPS) is 16.2. The second-order valence-corrected chi connectivity index (χ2v) is 8.98. The molecule has 0 spiro atoms. The fourth-order valence-electron chi connectivity index (χ4n) is 3.12. The number of fused-ring (bicyclic) bond motifs is 1. The minimum atomic E-state index is -3.52. The van der Waals surface area contributed by atoms with Gasteiger partial charge in [-0.3, -0.25) is 9.10 Å². The van der Waals surface area contributed by atoms with Crippen LogP contribution in [0.15, 0.2) is 48.5 Å². The highest BCUT2D eigenvalue weighted by Crippen LogP contribution is 2.35. The second kappa shape index (κ2) is 8.65. The molecule has 0 bridgehead atoms. The predicted octanol–water partition coefficient (Wildman–Crippen LogP) is 3.59. The average Bonchev–Trinajstić information content (AvgIpc) is 2.72. The van der Waals surface area contributed by atoms with Crippen molar-refractivity contribution in [1.82, 2.24) is 0 Å². The highest BCUT2D eigenvalue weighted by Gasteiger charge is 2.35. The van der Waals surface area contributed by atoms with Crippen LogP contribution >= 0.6 is 0 Å². The number of ether oxygens (including phenoxy) is 1. The molecule has 1 amide bonds.